The van der Waals surface area contributed by atoms with Gasteiger partial charge in [0.05, 0.1) is 22.8 Å². The average Bonchev–Trinajstić information content (AvgIpc) is 3.10. The fourth-order valence-electron chi connectivity index (χ4n) is 4.62. The largest absolute Gasteiger partial charge is 0.462 e. The summed E-state index contributed by atoms with van der Waals surface area (Å²) in [6.07, 6.45) is 3.62. The Labute approximate surface area is 198 Å². The van der Waals surface area contributed by atoms with Crippen LogP contribution in [0, 0.1) is 5.41 Å². The highest BCUT2D eigenvalue weighted by atomic mass is 32.2. The molecular formula is C23H29N3O7S. The molecule has 1 amide bonds. The van der Waals surface area contributed by atoms with Crippen LogP contribution in [0.2, 0.25) is 0 Å². The van der Waals surface area contributed by atoms with Crippen LogP contribution in [0.25, 0.3) is 0 Å². The first-order chi connectivity index (χ1) is 16.2. The number of esters is 1. The Kier molecular flexibility index (Phi) is 7.06. The van der Waals surface area contributed by atoms with Crippen molar-refractivity contribution >= 4 is 22.0 Å². The highest BCUT2D eigenvalue weighted by Crippen LogP contribution is 2.37. The van der Waals surface area contributed by atoms with Gasteiger partial charge in [0, 0.05) is 31.9 Å². The molecule has 4 rings (SSSR count). The molecule has 2 aliphatic heterocycles. The summed E-state index contributed by atoms with van der Waals surface area (Å²) in [6.45, 7) is 4.68. The lowest BCUT2D eigenvalue weighted by Crippen LogP contribution is -2.40. The Morgan fingerprint density at radius 1 is 1.26 bits per heavy atom. The predicted octanol–water partition coefficient (Wildman–Crippen LogP) is 2.02. The maximum atomic E-state index is 12.9. The number of benzene rings is 1. The van der Waals surface area contributed by atoms with Crippen molar-refractivity contribution in [3.05, 3.63) is 46.8 Å². The first-order valence-electron chi connectivity index (χ1n) is 11.4. The van der Waals surface area contributed by atoms with Crippen LogP contribution in [0.3, 0.4) is 0 Å². The molecule has 2 aliphatic rings. The number of hydrogen-bond donors (Lipinski definition) is 2. The van der Waals surface area contributed by atoms with Gasteiger partial charge < -0.3 is 14.8 Å². The molecule has 1 spiro atoms. The smallest absolute Gasteiger partial charge is 0.338 e. The zero-order chi connectivity index (χ0) is 24.3. The summed E-state index contributed by atoms with van der Waals surface area (Å²) in [5, 5.41) is 7.78. The van der Waals surface area contributed by atoms with E-state index in [1.807, 2.05) is 6.92 Å². The zero-order valence-corrected chi connectivity index (χ0v) is 19.9. The van der Waals surface area contributed by atoms with E-state index in [-0.39, 0.29) is 28.4 Å². The minimum atomic E-state index is -4.32. The first-order valence-corrected chi connectivity index (χ1v) is 12.9. The molecule has 0 unspecified atom stereocenters. The van der Waals surface area contributed by atoms with Gasteiger partial charge in [-0.2, -0.15) is 13.5 Å². The van der Waals surface area contributed by atoms with E-state index >= 15 is 0 Å². The summed E-state index contributed by atoms with van der Waals surface area (Å²) in [5.41, 5.74) is 2.61. The van der Waals surface area contributed by atoms with Gasteiger partial charge in [-0.25, -0.2) is 4.79 Å². The second-order valence-electron chi connectivity index (χ2n) is 8.80. The van der Waals surface area contributed by atoms with E-state index < -0.39 is 16.1 Å². The topological polar surface area (TPSA) is 137 Å². The van der Waals surface area contributed by atoms with Gasteiger partial charge in [0.2, 0.25) is 0 Å². The van der Waals surface area contributed by atoms with Crippen molar-refractivity contribution in [1.29, 1.82) is 0 Å². The molecule has 1 aromatic heterocycles. The highest BCUT2D eigenvalue weighted by molar-refractivity contribution is 7.85. The van der Waals surface area contributed by atoms with Gasteiger partial charge >= 0.3 is 5.97 Å². The Bertz CT molecular complexity index is 1170. The molecule has 2 N–H and O–H groups in total. The number of carbonyl (C=O) groups is 2. The Balaban J connectivity index is 1.42. The lowest BCUT2D eigenvalue weighted by molar-refractivity contribution is 0.0160. The molecule has 0 radical (unpaired) electrons. The Hall–Kier alpha value is -2.76. The van der Waals surface area contributed by atoms with Crippen LogP contribution in [0.5, 0.6) is 0 Å². The number of nitrogens with one attached hydrogen (secondary N) is 1. The van der Waals surface area contributed by atoms with E-state index in [2.05, 4.69) is 5.32 Å². The molecule has 34 heavy (non-hydrogen) atoms. The van der Waals surface area contributed by atoms with Gasteiger partial charge in [0.15, 0.2) is 0 Å². The van der Waals surface area contributed by atoms with Gasteiger partial charge in [-0.05, 0) is 68.7 Å². The van der Waals surface area contributed by atoms with E-state index in [1.54, 1.807) is 4.68 Å². The van der Waals surface area contributed by atoms with Crippen molar-refractivity contribution in [1.82, 2.24) is 15.1 Å². The van der Waals surface area contributed by atoms with E-state index in [1.165, 1.54) is 12.1 Å². The third kappa shape index (κ3) is 5.16. The molecule has 10 nitrogen and oxygen atoms in total. The fraction of sp³-hybridized carbons (Fsp3) is 0.522. The van der Waals surface area contributed by atoms with Crippen LogP contribution in [0.4, 0.5) is 0 Å². The zero-order valence-electron chi connectivity index (χ0n) is 19.1. The molecule has 0 atom stereocenters. The van der Waals surface area contributed by atoms with Crippen molar-refractivity contribution < 1.29 is 32.0 Å². The van der Waals surface area contributed by atoms with Crippen molar-refractivity contribution in [3.63, 3.8) is 0 Å². The lowest BCUT2D eigenvalue weighted by Gasteiger charge is -2.36. The van der Waals surface area contributed by atoms with Crippen molar-refractivity contribution in [2.24, 2.45) is 5.41 Å². The van der Waals surface area contributed by atoms with Crippen LogP contribution in [-0.4, -0.2) is 61.0 Å². The van der Waals surface area contributed by atoms with Gasteiger partial charge in [-0.1, -0.05) is 0 Å². The van der Waals surface area contributed by atoms with E-state index in [4.69, 9.17) is 19.1 Å². The number of fused-ring (bicyclic) bond motifs is 1. The number of ether oxygens (including phenoxy) is 2. The number of aromatic nitrogens is 2. The predicted molar refractivity (Wildman–Crippen MR) is 121 cm³/mol. The third-order valence-electron chi connectivity index (χ3n) is 6.56. The van der Waals surface area contributed by atoms with Crippen molar-refractivity contribution in [2.75, 3.05) is 26.4 Å². The number of carbonyl (C=O) groups excluding carboxylic acids is 2. The maximum Gasteiger partial charge on any atom is 0.338 e. The normalized spacial score (nSPS) is 17.6. The Morgan fingerprint density at radius 3 is 2.62 bits per heavy atom. The quantitative estimate of drug-likeness (QED) is 0.341. The summed E-state index contributed by atoms with van der Waals surface area (Å²) in [5.74, 6) is -0.681. The molecule has 3 heterocycles. The van der Waals surface area contributed by atoms with Crippen molar-refractivity contribution in [3.8, 4) is 0 Å². The monoisotopic (exact) mass is 491 g/mol. The highest BCUT2D eigenvalue weighted by Gasteiger charge is 2.39. The first kappa shape index (κ1) is 24.4. The molecule has 0 bridgehead atoms. The average molecular weight is 492 g/mol. The standard InChI is InChI=1S/C23H29N3O7S/c1-2-26-20-18(14-23(15-24-21(20)27)9-12-32-13-10-23)19(25-26)4-3-11-33-22(28)16-5-7-17(8-6-16)34(29,30)31/h5-8H,2-4,9-15H2,1H3,(H,24,27)(H,29,30,31). The van der Waals surface area contributed by atoms with Crippen LogP contribution >= 0.6 is 0 Å². The Morgan fingerprint density at radius 2 is 1.97 bits per heavy atom. The molecule has 1 aromatic carbocycles. The molecular weight excluding hydrogens is 462 g/mol. The molecule has 0 saturated carbocycles. The summed E-state index contributed by atoms with van der Waals surface area (Å²) >= 11 is 0. The minimum absolute atomic E-state index is 0.0316. The van der Waals surface area contributed by atoms with Crippen LogP contribution in [0.1, 0.15) is 58.3 Å². The lowest BCUT2D eigenvalue weighted by atomic mass is 9.75. The summed E-state index contributed by atoms with van der Waals surface area (Å²) in [6, 6.07) is 4.88. The second-order valence-corrected chi connectivity index (χ2v) is 10.2. The van der Waals surface area contributed by atoms with Gasteiger partial charge in [-0.15, -0.1) is 0 Å². The summed E-state index contributed by atoms with van der Waals surface area (Å²) < 4.78 is 43.9. The fourth-order valence-corrected chi connectivity index (χ4v) is 5.10. The molecule has 2 aromatic rings. The SMILES string of the molecule is CCn1nc(CCCOC(=O)c2ccc(S(=O)(=O)O)cc2)c2c1C(=O)NCC1(CCOCC1)C2. The number of aryl methyl sites for hydroxylation is 2. The summed E-state index contributed by atoms with van der Waals surface area (Å²) in [4.78, 5) is 24.8. The van der Waals surface area contributed by atoms with Crippen molar-refractivity contribution in [2.45, 2.75) is 50.5 Å². The minimum Gasteiger partial charge on any atom is -0.462 e. The van der Waals surface area contributed by atoms with Crippen LogP contribution in [-0.2, 0) is 39.0 Å². The van der Waals surface area contributed by atoms with E-state index in [0.717, 1.165) is 42.7 Å². The number of hydrogen-bond acceptors (Lipinski definition) is 7. The van der Waals surface area contributed by atoms with Gasteiger partial charge in [-0.3, -0.25) is 14.0 Å². The second kappa shape index (κ2) is 9.85. The van der Waals surface area contributed by atoms with Gasteiger partial charge in [0.1, 0.15) is 5.69 Å². The van der Waals surface area contributed by atoms with Crippen LogP contribution < -0.4 is 5.32 Å². The number of amides is 1. The van der Waals surface area contributed by atoms with Crippen LogP contribution in [0.15, 0.2) is 29.2 Å². The molecule has 1 saturated heterocycles. The summed E-state index contributed by atoms with van der Waals surface area (Å²) in [7, 11) is -4.32. The maximum absolute atomic E-state index is 12.9. The van der Waals surface area contributed by atoms with E-state index in [9.17, 15) is 18.0 Å². The number of rotatable bonds is 7. The molecule has 0 aliphatic carbocycles. The van der Waals surface area contributed by atoms with E-state index in [0.29, 0.717) is 44.8 Å². The number of nitrogens with zero attached hydrogens (tertiary/aromatic N) is 2. The molecule has 1 fully saturated rings. The van der Waals surface area contributed by atoms with Gasteiger partial charge in [0.25, 0.3) is 16.0 Å². The molecule has 184 valence electrons. The molecule has 11 heteroatoms. The third-order valence-corrected chi connectivity index (χ3v) is 7.42.